The van der Waals surface area contributed by atoms with Crippen LogP contribution in [-0.2, 0) is 4.74 Å². The van der Waals surface area contributed by atoms with E-state index >= 15 is 0 Å². The first-order valence-corrected chi connectivity index (χ1v) is 7.26. The Morgan fingerprint density at radius 2 is 2.30 bits per heavy atom. The summed E-state index contributed by atoms with van der Waals surface area (Å²) < 4.78 is 4.68. The molecular formula is C15H21N3O2. The van der Waals surface area contributed by atoms with Crippen LogP contribution in [0.5, 0.6) is 0 Å². The van der Waals surface area contributed by atoms with Crippen LogP contribution in [0.4, 0.5) is 11.5 Å². The van der Waals surface area contributed by atoms with Gasteiger partial charge in [-0.25, -0.2) is 9.78 Å². The fourth-order valence-corrected chi connectivity index (χ4v) is 3.68. The van der Waals surface area contributed by atoms with Crippen LogP contribution in [0.1, 0.15) is 36.2 Å². The second-order valence-corrected chi connectivity index (χ2v) is 5.94. The maximum absolute atomic E-state index is 11.5. The lowest BCUT2D eigenvalue weighted by Crippen LogP contribution is -2.21. The molecule has 0 spiro atoms. The Morgan fingerprint density at radius 1 is 1.45 bits per heavy atom. The lowest BCUT2D eigenvalue weighted by Gasteiger charge is -2.22. The molecular weight excluding hydrogens is 254 g/mol. The molecule has 3 N–H and O–H groups in total. The Kier molecular flexibility index (Phi) is 3.51. The van der Waals surface area contributed by atoms with Gasteiger partial charge in [0, 0.05) is 6.54 Å². The minimum Gasteiger partial charge on any atom is -0.464 e. The molecule has 0 aliphatic heterocycles. The van der Waals surface area contributed by atoms with E-state index in [1.54, 1.807) is 12.1 Å². The molecule has 5 nitrogen and oxygen atoms in total. The number of carbonyl (C=O) groups excluding carboxylic acids is 1. The maximum Gasteiger partial charge on any atom is 0.356 e. The highest BCUT2D eigenvalue weighted by Crippen LogP contribution is 2.48. The highest BCUT2D eigenvalue weighted by molar-refractivity contribution is 5.88. The molecule has 0 radical (unpaired) electrons. The SMILES string of the molecule is COC(=O)c1ccc(N)c(NCC2CC3CCC2C3)n1. The predicted octanol–water partition coefficient (Wildman–Crippen LogP) is 2.30. The second kappa shape index (κ2) is 5.31. The molecule has 3 rings (SSSR count). The van der Waals surface area contributed by atoms with Crippen molar-refractivity contribution >= 4 is 17.5 Å². The molecule has 2 bridgehead atoms. The summed E-state index contributed by atoms with van der Waals surface area (Å²) in [5, 5.41) is 3.32. The lowest BCUT2D eigenvalue weighted by atomic mass is 9.89. The fourth-order valence-electron chi connectivity index (χ4n) is 3.68. The van der Waals surface area contributed by atoms with E-state index in [1.165, 1.54) is 32.8 Å². The number of fused-ring (bicyclic) bond motifs is 2. The molecule has 2 fully saturated rings. The number of esters is 1. The smallest absolute Gasteiger partial charge is 0.356 e. The van der Waals surface area contributed by atoms with Crippen molar-refractivity contribution in [3.05, 3.63) is 17.8 Å². The van der Waals surface area contributed by atoms with E-state index in [0.717, 1.165) is 24.3 Å². The third-order valence-corrected chi connectivity index (χ3v) is 4.74. The molecule has 3 atom stereocenters. The van der Waals surface area contributed by atoms with Crippen LogP contribution in [-0.4, -0.2) is 24.6 Å². The molecule has 0 saturated heterocycles. The number of hydrogen-bond acceptors (Lipinski definition) is 5. The minimum atomic E-state index is -0.437. The number of nitrogens with one attached hydrogen (secondary N) is 1. The second-order valence-electron chi connectivity index (χ2n) is 5.94. The van der Waals surface area contributed by atoms with E-state index in [4.69, 9.17) is 5.73 Å². The predicted molar refractivity (Wildman–Crippen MR) is 77.4 cm³/mol. The summed E-state index contributed by atoms with van der Waals surface area (Å²) in [6.07, 6.45) is 5.47. The number of nitrogens with zero attached hydrogens (tertiary/aromatic N) is 1. The van der Waals surface area contributed by atoms with Gasteiger partial charge in [0.25, 0.3) is 0 Å². The summed E-state index contributed by atoms with van der Waals surface area (Å²) in [5.74, 6) is 2.66. The van der Waals surface area contributed by atoms with Gasteiger partial charge in [-0.1, -0.05) is 6.42 Å². The summed E-state index contributed by atoms with van der Waals surface area (Å²) in [6.45, 7) is 0.892. The van der Waals surface area contributed by atoms with Gasteiger partial charge in [-0.05, 0) is 49.1 Å². The van der Waals surface area contributed by atoms with E-state index in [-0.39, 0.29) is 5.69 Å². The van der Waals surface area contributed by atoms with Gasteiger partial charge in [-0.2, -0.15) is 0 Å². The van der Waals surface area contributed by atoms with E-state index in [0.29, 0.717) is 11.5 Å². The molecule has 2 saturated carbocycles. The summed E-state index contributed by atoms with van der Waals surface area (Å²) in [7, 11) is 1.35. The van der Waals surface area contributed by atoms with Crippen LogP contribution >= 0.6 is 0 Å². The Balaban J connectivity index is 1.66. The first kappa shape index (κ1) is 13.2. The van der Waals surface area contributed by atoms with Crippen molar-refractivity contribution in [2.75, 3.05) is 24.7 Å². The van der Waals surface area contributed by atoms with E-state index < -0.39 is 5.97 Å². The zero-order chi connectivity index (χ0) is 14.1. The third-order valence-electron chi connectivity index (χ3n) is 4.74. The van der Waals surface area contributed by atoms with Crippen molar-refractivity contribution in [2.24, 2.45) is 17.8 Å². The average molecular weight is 275 g/mol. The summed E-state index contributed by atoms with van der Waals surface area (Å²) >= 11 is 0. The number of ether oxygens (including phenoxy) is 1. The van der Waals surface area contributed by atoms with Crippen LogP contribution in [0.15, 0.2) is 12.1 Å². The van der Waals surface area contributed by atoms with Crippen LogP contribution in [0, 0.1) is 17.8 Å². The average Bonchev–Trinajstić information content (AvgIpc) is 3.08. The minimum absolute atomic E-state index is 0.289. The van der Waals surface area contributed by atoms with E-state index in [9.17, 15) is 4.79 Å². The lowest BCUT2D eigenvalue weighted by molar-refractivity contribution is 0.0594. The standard InChI is InChI=1S/C15H21N3O2/c1-20-15(19)13-5-4-12(16)14(18-13)17-8-11-7-9-2-3-10(11)6-9/h4-5,9-11H,2-3,6-8,16H2,1H3,(H,17,18). The molecule has 1 heterocycles. The zero-order valence-electron chi connectivity index (χ0n) is 11.8. The first-order valence-electron chi connectivity index (χ1n) is 7.26. The Labute approximate surface area is 118 Å². The Bertz CT molecular complexity index is 518. The number of rotatable bonds is 4. The number of methoxy groups -OCH3 is 1. The van der Waals surface area contributed by atoms with E-state index in [1.807, 2.05) is 0 Å². The van der Waals surface area contributed by atoms with Crippen molar-refractivity contribution in [3.8, 4) is 0 Å². The van der Waals surface area contributed by atoms with Crippen molar-refractivity contribution < 1.29 is 9.53 Å². The molecule has 3 unspecified atom stereocenters. The Morgan fingerprint density at radius 3 is 2.95 bits per heavy atom. The summed E-state index contributed by atoms with van der Waals surface area (Å²) in [5.41, 5.74) is 6.77. The molecule has 2 aliphatic rings. The molecule has 1 aromatic rings. The van der Waals surface area contributed by atoms with Crippen LogP contribution in [0.2, 0.25) is 0 Å². The van der Waals surface area contributed by atoms with Gasteiger partial charge in [0.15, 0.2) is 5.69 Å². The van der Waals surface area contributed by atoms with Gasteiger partial charge in [0.1, 0.15) is 5.82 Å². The highest BCUT2D eigenvalue weighted by atomic mass is 16.5. The van der Waals surface area contributed by atoms with Crippen LogP contribution in [0.3, 0.4) is 0 Å². The number of carbonyl (C=O) groups is 1. The van der Waals surface area contributed by atoms with Crippen LogP contribution in [0.25, 0.3) is 0 Å². The molecule has 108 valence electrons. The first-order chi connectivity index (χ1) is 9.67. The fraction of sp³-hybridized carbons (Fsp3) is 0.600. The van der Waals surface area contributed by atoms with Gasteiger partial charge in [-0.3, -0.25) is 0 Å². The number of hydrogen-bond donors (Lipinski definition) is 2. The Hall–Kier alpha value is -1.78. The molecule has 20 heavy (non-hydrogen) atoms. The van der Waals surface area contributed by atoms with Crippen molar-refractivity contribution in [2.45, 2.75) is 25.7 Å². The quantitative estimate of drug-likeness (QED) is 0.824. The summed E-state index contributed by atoms with van der Waals surface area (Å²) in [6, 6.07) is 3.28. The van der Waals surface area contributed by atoms with E-state index in [2.05, 4.69) is 15.0 Å². The topological polar surface area (TPSA) is 77.2 Å². The van der Waals surface area contributed by atoms with Crippen molar-refractivity contribution in [3.63, 3.8) is 0 Å². The van der Waals surface area contributed by atoms with Gasteiger partial charge < -0.3 is 15.8 Å². The molecule has 5 heteroatoms. The number of anilines is 2. The van der Waals surface area contributed by atoms with Crippen molar-refractivity contribution in [1.82, 2.24) is 4.98 Å². The highest BCUT2D eigenvalue weighted by Gasteiger charge is 2.39. The number of aromatic nitrogens is 1. The van der Waals surface area contributed by atoms with Gasteiger partial charge in [-0.15, -0.1) is 0 Å². The van der Waals surface area contributed by atoms with Crippen LogP contribution < -0.4 is 11.1 Å². The third kappa shape index (κ3) is 2.44. The maximum atomic E-state index is 11.5. The number of pyridine rings is 1. The molecule has 2 aliphatic carbocycles. The number of nitrogen functional groups attached to an aromatic ring is 1. The van der Waals surface area contributed by atoms with Gasteiger partial charge in [0.2, 0.25) is 0 Å². The molecule has 0 aromatic carbocycles. The van der Waals surface area contributed by atoms with Crippen molar-refractivity contribution in [1.29, 1.82) is 0 Å². The number of nitrogens with two attached hydrogens (primary N) is 1. The largest absolute Gasteiger partial charge is 0.464 e. The normalized spacial score (nSPS) is 27.6. The van der Waals surface area contributed by atoms with Gasteiger partial charge in [0.05, 0.1) is 12.8 Å². The summed E-state index contributed by atoms with van der Waals surface area (Å²) in [4.78, 5) is 15.7. The monoisotopic (exact) mass is 275 g/mol. The molecule has 0 amide bonds. The molecule has 1 aromatic heterocycles. The van der Waals surface area contributed by atoms with Gasteiger partial charge >= 0.3 is 5.97 Å². The zero-order valence-corrected chi connectivity index (χ0v) is 11.8.